The number of pyridine rings is 1. The zero-order valence-electron chi connectivity index (χ0n) is 15.3. The summed E-state index contributed by atoms with van der Waals surface area (Å²) in [6.45, 7) is 3.92. The molecule has 4 unspecified atom stereocenters. The van der Waals surface area contributed by atoms with Crippen LogP contribution >= 0.6 is 0 Å². The van der Waals surface area contributed by atoms with Crippen LogP contribution in [-0.2, 0) is 6.42 Å². The summed E-state index contributed by atoms with van der Waals surface area (Å²) in [4.78, 5) is 7.82. The summed E-state index contributed by atoms with van der Waals surface area (Å²) in [5, 5.41) is 16.2. The predicted molar refractivity (Wildman–Crippen MR) is 98.8 cm³/mol. The molecule has 5 heteroatoms. The molecule has 0 saturated heterocycles. The van der Waals surface area contributed by atoms with E-state index < -0.39 is 6.10 Å². The van der Waals surface area contributed by atoms with Gasteiger partial charge in [-0.15, -0.1) is 0 Å². The van der Waals surface area contributed by atoms with Crippen molar-refractivity contribution in [1.29, 1.82) is 0 Å². The number of hydrogen-bond acceptors (Lipinski definition) is 4. The Morgan fingerprint density at radius 2 is 2.19 bits per heavy atom. The number of nitrogens with one attached hydrogen (secondary N) is 1. The van der Waals surface area contributed by atoms with E-state index in [2.05, 4.69) is 21.2 Å². The fourth-order valence-corrected chi connectivity index (χ4v) is 5.28. The highest BCUT2D eigenvalue weighted by molar-refractivity contribution is 5.80. The van der Waals surface area contributed by atoms with Crippen molar-refractivity contribution in [2.75, 3.05) is 0 Å². The molecule has 2 aliphatic carbocycles. The van der Waals surface area contributed by atoms with Crippen molar-refractivity contribution in [2.24, 2.45) is 17.8 Å². The Labute approximate surface area is 152 Å². The largest absolute Gasteiger partial charge is 0.388 e. The van der Waals surface area contributed by atoms with Gasteiger partial charge < -0.3 is 14.6 Å². The zero-order valence-corrected chi connectivity index (χ0v) is 15.3. The molecule has 2 fully saturated rings. The van der Waals surface area contributed by atoms with Gasteiger partial charge in [-0.25, -0.2) is 4.98 Å². The van der Waals surface area contributed by atoms with Crippen molar-refractivity contribution in [3.63, 3.8) is 0 Å². The lowest BCUT2D eigenvalue weighted by Crippen LogP contribution is -2.18. The first-order chi connectivity index (χ1) is 12.6. The van der Waals surface area contributed by atoms with Gasteiger partial charge in [0.05, 0.1) is 11.8 Å². The van der Waals surface area contributed by atoms with E-state index in [-0.39, 0.29) is 0 Å². The van der Waals surface area contributed by atoms with E-state index in [1.54, 1.807) is 0 Å². The summed E-state index contributed by atoms with van der Waals surface area (Å²) < 4.78 is 5.28. The Morgan fingerprint density at radius 3 is 2.88 bits per heavy atom. The molecule has 0 spiro atoms. The number of aromatic amines is 1. The first kappa shape index (κ1) is 16.1. The first-order valence-electron chi connectivity index (χ1n) is 9.66. The van der Waals surface area contributed by atoms with Crippen molar-refractivity contribution < 1.29 is 9.63 Å². The fraction of sp³-hybridized carbons (Fsp3) is 0.524. The molecule has 2 aliphatic rings. The maximum absolute atomic E-state index is 11.1. The van der Waals surface area contributed by atoms with Gasteiger partial charge in [-0.1, -0.05) is 11.6 Å². The molecule has 0 radical (unpaired) electrons. The van der Waals surface area contributed by atoms with E-state index in [1.165, 1.54) is 25.7 Å². The van der Waals surface area contributed by atoms with Crippen molar-refractivity contribution in [3.05, 3.63) is 46.6 Å². The molecular weight excluding hydrogens is 326 g/mol. The smallest absolute Gasteiger partial charge is 0.137 e. The van der Waals surface area contributed by atoms with Gasteiger partial charge in [0.25, 0.3) is 0 Å². The van der Waals surface area contributed by atoms with Gasteiger partial charge in [0.1, 0.15) is 11.4 Å². The van der Waals surface area contributed by atoms with Gasteiger partial charge >= 0.3 is 0 Å². The molecule has 0 amide bonds. The molecule has 0 aromatic carbocycles. The Balaban J connectivity index is 1.47. The number of aliphatic hydroxyl groups excluding tert-OH is 1. The highest BCUT2D eigenvalue weighted by Crippen LogP contribution is 2.53. The Kier molecular flexibility index (Phi) is 3.67. The van der Waals surface area contributed by atoms with E-state index in [4.69, 9.17) is 4.52 Å². The molecule has 3 aromatic rings. The number of rotatable bonds is 4. The summed E-state index contributed by atoms with van der Waals surface area (Å²) in [7, 11) is 0. The summed E-state index contributed by atoms with van der Waals surface area (Å²) >= 11 is 0. The van der Waals surface area contributed by atoms with Crippen LogP contribution in [0.1, 0.15) is 59.9 Å². The third kappa shape index (κ3) is 2.49. The number of fused-ring (bicyclic) bond motifs is 3. The van der Waals surface area contributed by atoms with Crippen LogP contribution < -0.4 is 0 Å². The van der Waals surface area contributed by atoms with Gasteiger partial charge in [-0.2, -0.15) is 0 Å². The molecule has 5 nitrogen and oxygen atoms in total. The van der Waals surface area contributed by atoms with Gasteiger partial charge in [0, 0.05) is 35.3 Å². The highest BCUT2D eigenvalue weighted by atomic mass is 16.5. The molecule has 2 N–H and O–H groups in total. The summed E-state index contributed by atoms with van der Waals surface area (Å²) in [6.07, 6.45) is 9.32. The lowest BCUT2D eigenvalue weighted by molar-refractivity contribution is 0.0757. The van der Waals surface area contributed by atoms with Gasteiger partial charge in [-0.05, 0) is 62.5 Å². The first-order valence-corrected chi connectivity index (χ1v) is 9.66. The number of nitrogens with zero attached hydrogens (tertiary/aromatic N) is 2. The Bertz CT molecular complexity index is 938. The van der Waals surface area contributed by atoms with E-state index in [0.29, 0.717) is 11.8 Å². The topological polar surface area (TPSA) is 74.9 Å². The number of H-pyrrole nitrogens is 1. The molecule has 2 saturated carbocycles. The van der Waals surface area contributed by atoms with Crippen LogP contribution in [0, 0.1) is 31.6 Å². The highest BCUT2D eigenvalue weighted by Gasteiger charge is 2.43. The average molecular weight is 351 g/mol. The van der Waals surface area contributed by atoms with Crippen molar-refractivity contribution in [1.82, 2.24) is 15.1 Å². The van der Waals surface area contributed by atoms with E-state index in [9.17, 15) is 5.11 Å². The lowest BCUT2D eigenvalue weighted by atomic mass is 9.82. The molecule has 136 valence electrons. The van der Waals surface area contributed by atoms with Crippen molar-refractivity contribution in [3.8, 4) is 0 Å². The van der Waals surface area contributed by atoms with Gasteiger partial charge in [0.2, 0.25) is 0 Å². The van der Waals surface area contributed by atoms with Gasteiger partial charge in [0.15, 0.2) is 0 Å². The molecule has 5 rings (SSSR count). The molecule has 0 aliphatic heterocycles. The second-order valence-corrected chi connectivity index (χ2v) is 8.25. The third-order valence-corrected chi connectivity index (χ3v) is 6.70. The molecule has 3 aromatic heterocycles. The minimum Gasteiger partial charge on any atom is -0.388 e. The van der Waals surface area contributed by atoms with Crippen molar-refractivity contribution in [2.45, 2.75) is 52.1 Å². The quantitative estimate of drug-likeness (QED) is 0.738. The number of aliphatic hydroxyl groups is 1. The average Bonchev–Trinajstić information content (AvgIpc) is 3.41. The second-order valence-electron chi connectivity index (χ2n) is 8.25. The maximum Gasteiger partial charge on any atom is 0.137 e. The minimum absolute atomic E-state index is 0.393. The van der Waals surface area contributed by atoms with E-state index in [1.807, 2.05) is 26.2 Å². The zero-order chi connectivity index (χ0) is 17.8. The van der Waals surface area contributed by atoms with Crippen LogP contribution in [0.3, 0.4) is 0 Å². The molecule has 26 heavy (non-hydrogen) atoms. The van der Waals surface area contributed by atoms with E-state index in [0.717, 1.165) is 51.5 Å². The van der Waals surface area contributed by atoms with Crippen LogP contribution in [-0.4, -0.2) is 20.2 Å². The lowest BCUT2D eigenvalue weighted by Gasteiger charge is -2.26. The Hall–Kier alpha value is -2.14. The normalized spacial score (nSPS) is 26.0. The number of hydrogen-bond donors (Lipinski definition) is 2. The fourth-order valence-electron chi connectivity index (χ4n) is 5.28. The Morgan fingerprint density at radius 1 is 1.31 bits per heavy atom. The second kappa shape index (κ2) is 5.95. The minimum atomic E-state index is -0.393. The summed E-state index contributed by atoms with van der Waals surface area (Å²) in [6, 6.07) is 2.16. The third-order valence-electron chi connectivity index (χ3n) is 6.70. The number of aromatic nitrogens is 3. The van der Waals surface area contributed by atoms with E-state index >= 15 is 0 Å². The standard InChI is InChI=1S/C21H25N3O2/c1-11-16(12(2)26-24-11)7-14-8-18-19(10-23-21(18)22-9-14)20(25)17-6-13-3-4-15(17)5-13/h8-10,13,15,17,20,25H,3-7H2,1-2H3,(H,22,23). The number of aryl methyl sites for hydroxylation is 2. The SMILES string of the molecule is Cc1noc(C)c1Cc1cnc2[nH]cc(C(O)C3CC4CCC3C4)c2c1. The van der Waals surface area contributed by atoms with Crippen LogP contribution in [0.25, 0.3) is 11.0 Å². The summed E-state index contributed by atoms with van der Waals surface area (Å²) in [5.74, 6) is 2.79. The van der Waals surface area contributed by atoms with Crippen LogP contribution in [0.2, 0.25) is 0 Å². The maximum atomic E-state index is 11.1. The molecule has 2 bridgehead atoms. The monoisotopic (exact) mass is 351 g/mol. The van der Waals surface area contributed by atoms with Crippen molar-refractivity contribution >= 4 is 11.0 Å². The van der Waals surface area contributed by atoms with Crippen LogP contribution in [0.5, 0.6) is 0 Å². The molecular formula is C21H25N3O2. The predicted octanol–water partition coefficient (Wildman–Crippen LogP) is 4.23. The molecule has 3 heterocycles. The van der Waals surface area contributed by atoms with Crippen LogP contribution in [0.4, 0.5) is 0 Å². The van der Waals surface area contributed by atoms with Gasteiger partial charge in [-0.3, -0.25) is 0 Å². The summed E-state index contributed by atoms with van der Waals surface area (Å²) in [5.41, 5.74) is 5.03. The molecule has 4 atom stereocenters. The van der Waals surface area contributed by atoms with Crippen LogP contribution in [0.15, 0.2) is 23.0 Å².